The van der Waals surface area contributed by atoms with Crippen LogP contribution in [-0.2, 0) is 10.3 Å². The quantitative estimate of drug-likeness (QED) is 0.901. The number of pyridine rings is 1. The highest BCUT2D eigenvalue weighted by molar-refractivity contribution is 5.96. The first-order valence-electron chi connectivity index (χ1n) is 6.16. The normalized spacial score (nSPS) is 13.2. The van der Waals surface area contributed by atoms with Gasteiger partial charge in [0.1, 0.15) is 11.5 Å². The first-order chi connectivity index (χ1) is 9.93. The highest BCUT2D eigenvalue weighted by Crippen LogP contribution is 2.21. The van der Waals surface area contributed by atoms with Crippen LogP contribution >= 0.6 is 0 Å². The van der Waals surface area contributed by atoms with Crippen LogP contribution < -0.4 is 5.32 Å². The zero-order chi connectivity index (χ0) is 15.5. The maximum Gasteiger partial charge on any atom is 0.333 e. The van der Waals surface area contributed by atoms with Crippen LogP contribution in [0.3, 0.4) is 0 Å². The van der Waals surface area contributed by atoms with Crippen molar-refractivity contribution in [1.82, 2.24) is 10.3 Å². The second-order valence-corrected chi connectivity index (χ2v) is 4.61. The van der Waals surface area contributed by atoms with Crippen molar-refractivity contribution in [3.8, 4) is 0 Å². The number of nitrogens with one attached hydrogen (secondary N) is 1. The van der Waals surface area contributed by atoms with Crippen molar-refractivity contribution in [2.24, 2.45) is 0 Å². The second kappa shape index (κ2) is 5.70. The van der Waals surface area contributed by atoms with Crippen molar-refractivity contribution < 1.29 is 19.1 Å². The Morgan fingerprint density at radius 1 is 1.19 bits per heavy atom. The molecular weight excluding hydrogens is 275 g/mol. The summed E-state index contributed by atoms with van der Waals surface area (Å²) in [7, 11) is 0. The lowest BCUT2D eigenvalue weighted by molar-refractivity contribution is -0.144. The number of rotatable bonds is 4. The zero-order valence-electron chi connectivity index (χ0n) is 11.2. The molecule has 0 fully saturated rings. The van der Waals surface area contributed by atoms with Gasteiger partial charge in [0.2, 0.25) is 0 Å². The molecule has 1 heterocycles. The Morgan fingerprint density at radius 3 is 2.38 bits per heavy atom. The molecule has 0 aliphatic heterocycles. The fourth-order valence-corrected chi connectivity index (χ4v) is 1.82. The summed E-state index contributed by atoms with van der Waals surface area (Å²) in [6.45, 7) is 1.38. The zero-order valence-corrected chi connectivity index (χ0v) is 11.2. The predicted molar refractivity (Wildman–Crippen MR) is 73.1 cm³/mol. The van der Waals surface area contributed by atoms with Gasteiger partial charge in [-0.25, -0.2) is 14.2 Å². The molecule has 108 valence electrons. The van der Waals surface area contributed by atoms with Gasteiger partial charge in [-0.05, 0) is 24.6 Å². The van der Waals surface area contributed by atoms with E-state index < -0.39 is 23.2 Å². The maximum absolute atomic E-state index is 12.8. The molecule has 0 spiro atoms. The Kier molecular flexibility index (Phi) is 3.98. The minimum atomic E-state index is -1.60. The standard InChI is InChI=1S/C15H13FN2O3/c1-15(14(20)21,10-5-3-2-4-6-10)18-13(19)12-8-7-11(16)9-17-12/h2-9H,1H3,(H,18,19)(H,20,21). The summed E-state index contributed by atoms with van der Waals surface area (Å²) >= 11 is 0. The van der Waals surface area contributed by atoms with Crippen LogP contribution in [0.25, 0.3) is 0 Å². The van der Waals surface area contributed by atoms with Crippen molar-refractivity contribution in [2.75, 3.05) is 0 Å². The van der Waals surface area contributed by atoms with Gasteiger partial charge in [-0.15, -0.1) is 0 Å². The SMILES string of the molecule is CC(NC(=O)c1ccc(F)cn1)(C(=O)O)c1ccccc1. The van der Waals surface area contributed by atoms with E-state index in [2.05, 4.69) is 10.3 Å². The van der Waals surface area contributed by atoms with Gasteiger partial charge in [0.15, 0.2) is 5.54 Å². The molecule has 1 amide bonds. The highest BCUT2D eigenvalue weighted by Gasteiger charge is 2.37. The van der Waals surface area contributed by atoms with E-state index in [0.29, 0.717) is 5.56 Å². The molecular formula is C15H13FN2O3. The van der Waals surface area contributed by atoms with Gasteiger partial charge < -0.3 is 10.4 Å². The van der Waals surface area contributed by atoms with Crippen LogP contribution in [-0.4, -0.2) is 22.0 Å². The number of carboxylic acids is 1. The van der Waals surface area contributed by atoms with Crippen LogP contribution in [0, 0.1) is 5.82 Å². The highest BCUT2D eigenvalue weighted by atomic mass is 19.1. The van der Waals surface area contributed by atoms with E-state index in [1.807, 2.05) is 0 Å². The van der Waals surface area contributed by atoms with Gasteiger partial charge in [-0.2, -0.15) is 0 Å². The number of aromatic nitrogens is 1. The number of amides is 1. The number of carbonyl (C=O) groups is 2. The van der Waals surface area contributed by atoms with Crippen molar-refractivity contribution >= 4 is 11.9 Å². The fraction of sp³-hybridized carbons (Fsp3) is 0.133. The van der Waals surface area contributed by atoms with E-state index in [4.69, 9.17) is 0 Å². The number of hydrogen-bond acceptors (Lipinski definition) is 3. The summed E-state index contributed by atoms with van der Waals surface area (Å²) in [5.41, 5.74) is -1.23. The summed E-state index contributed by atoms with van der Waals surface area (Å²) in [6.07, 6.45) is 0.898. The Balaban J connectivity index is 2.31. The number of hydrogen-bond donors (Lipinski definition) is 2. The summed E-state index contributed by atoms with van der Waals surface area (Å²) < 4.78 is 12.8. The predicted octanol–water partition coefficient (Wildman–Crippen LogP) is 1.95. The smallest absolute Gasteiger partial charge is 0.333 e. The molecule has 1 atom stereocenters. The number of nitrogens with zero attached hydrogens (tertiary/aromatic N) is 1. The van der Waals surface area contributed by atoms with E-state index in [-0.39, 0.29) is 5.69 Å². The molecule has 1 unspecified atom stereocenters. The van der Waals surface area contributed by atoms with Crippen LogP contribution in [0.5, 0.6) is 0 Å². The molecule has 0 aliphatic rings. The average molecular weight is 288 g/mol. The third-order valence-electron chi connectivity index (χ3n) is 3.10. The van der Waals surface area contributed by atoms with Gasteiger partial charge >= 0.3 is 5.97 Å². The molecule has 0 radical (unpaired) electrons. The number of aliphatic carboxylic acids is 1. The number of carbonyl (C=O) groups excluding carboxylic acids is 1. The Bertz CT molecular complexity index is 658. The lowest BCUT2D eigenvalue weighted by Crippen LogP contribution is -2.49. The first kappa shape index (κ1) is 14.6. The van der Waals surface area contributed by atoms with Crippen molar-refractivity contribution in [3.05, 3.63) is 65.7 Å². The minimum Gasteiger partial charge on any atom is -0.479 e. The Labute approximate surface area is 120 Å². The van der Waals surface area contributed by atoms with E-state index in [1.165, 1.54) is 13.0 Å². The summed E-state index contributed by atoms with van der Waals surface area (Å²) in [6, 6.07) is 10.6. The molecule has 0 saturated heterocycles. The lowest BCUT2D eigenvalue weighted by Gasteiger charge is -2.26. The molecule has 1 aromatic heterocycles. The summed E-state index contributed by atoms with van der Waals surface area (Å²) in [5, 5.41) is 11.9. The molecule has 2 aromatic rings. The lowest BCUT2D eigenvalue weighted by atomic mass is 9.92. The van der Waals surface area contributed by atoms with Crippen molar-refractivity contribution in [1.29, 1.82) is 0 Å². The van der Waals surface area contributed by atoms with Gasteiger partial charge in [0.05, 0.1) is 6.20 Å². The molecule has 21 heavy (non-hydrogen) atoms. The third kappa shape index (κ3) is 3.05. The van der Waals surface area contributed by atoms with Crippen LogP contribution in [0.4, 0.5) is 4.39 Å². The minimum absolute atomic E-state index is 0.0557. The van der Waals surface area contributed by atoms with E-state index >= 15 is 0 Å². The molecule has 2 N–H and O–H groups in total. The van der Waals surface area contributed by atoms with Crippen molar-refractivity contribution in [3.63, 3.8) is 0 Å². The molecule has 0 bridgehead atoms. The van der Waals surface area contributed by atoms with E-state index in [9.17, 15) is 19.1 Å². The van der Waals surface area contributed by atoms with E-state index in [0.717, 1.165) is 12.3 Å². The topological polar surface area (TPSA) is 79.3 Å². The molecule has 1 aromatic carbocycles. The number of halogens is 1. The summed E-state index contributed by atoms with van der Waals surface area (Å²) in [4.78, 5) is 27.3. The Hall–Kier alpha value is -2.76. The molecule has 0 aliphatic carbocycles. The maximum atomic E-state index is 12.8. The van der Waals surface area contributed by atoms with Gasteiger partial charge in [0.25, 0.3) is 5.91 Å². The van der Waals surface area contributed by atoms with Gasteiger partial charge in [-0.1, -0.05) is 30.3 Å². The molecule has 0 saturated carbocycles. The number of benzene rings is 1. The third-order valence-corrected chi connectivity index (χ3v) is 3.10. The first-order valence-corrected chi connectivity index (χ1v) is 6.16. The molecule has 5 nitrogen and oxygen atoms in total. The monoisotopic (exact) mass is 288 g/mol. The summed E-state index contributed by atoms with van der Waals surface area (Å²) in [5.74, 6) is -2.47. The Morgan fingerprint density at radius 2 is 1.86 bits per heavy atom. The fourth-order valence-electron chi connectivity index (χ4n) is 1.82. The van der Waals surface area contributed by atoms with Gasteiger partial charge in [-0.3, -0.25) is 4.79 Å². The van der Waals surface area contributed by atoms with Crippen molar-refractivity contribution in [2.45, 2.75) is 12.5 Å². The average Bonchev–Trinajstić information content (AvgIpc) is 2.48. The van der Waals surface area contributed by atoms with Crippen LogP contribution in [0.2, 0.25) is 0 Å². The number of carboxylic acid groups (broad SMARTS) is 1. The molecule has 6 heteroatoms. The second-order valence-electron chi connectivity index (χ2n) is 4.61. The molecule has 2 rings (SSSR count). The van der Waals surface area contributed by atoms with Crippen LogP contribution in [0.1, 0.15) is 23.0 Å². The van der Waals surface area contributed by atoms with Crippen LogP contribution in [0.15, 0.2) is 48.7 Å². The van der Waals surface area contributed by atoms with E-state index in [1.54, 1.807) is 30.3 Å². The van der Waals surface area contributed by atoms with Gasteiger partial charge in [0, 0.05) is 0 Å². The largest absolute Gasteiger partial charge is 0.479 e.